The van der Waals surface area contributed by atoms with Crippen LogP contribution >= 0.6 is 0 Å². The van der Waals surface area contributed by atoms with Gasteiger partial charge in [0, 0.05) is 47.7 Å². The Morgan fingerprint density at radius 3 is 2.48 bits per heavy atom. The van der Waals surface area contributed by atoms with Gasteiger partial charge in [0.05, 0.1) is 12.2 Å². The molecule has 1 fully saturated rings. The lowest BCUT2D eigenvalue weighted by molar-refractivity contribution is 0.123. The van der Waals surface area contributed by atoms with Crippen molar-refractivity contribution in [1.29, 1.82) is 0 Å². The number of piperidine rings is 1. The largest absolute Gasteiger partial charge is 0.507 e. The summed E-state index contributed by atoms with van der Waals surface area (Å²) >= 11 is 0. The molecule has 7 heteroatoms. The van der Waals surface area contributed by atoms with Crippen LogP contribution in [0.25, 0.3) is 11.3 Å². The molecule has 0 bridgehead atoms. The third-order valence-electron chi connectivity index (χ3n) is 6.37. The summed E-state index contributed by atoms with van der Waals surface area (Å²) in [5, 5.41) is 14.7. The molecule has 2 heterocycles. The van der Waals surface area contributed by atoms with E-state index in [4.69, 9.17) is 17.2 Å². The third kappa shape index (κ3) is 4.77. The van der Waals surface area contributed by atoms with Crippen molar-refractivity contribution < 1.29 is 5.11 Å². The number of para-hydroxylation sites is 1. The second-order valence-corrected chi connectivity index (χ2v) is 8.40. The Balaban J connectivity index is 1.47. The van der Waals surface area contributed by atoms with Crippen molar-refractivity contribution in [3.63, 3.8) is 0 Å². The third-order valence-corrected chi connectivity index (χ3v) is 6.37. The second-order valence-electron chi connectivity index (χ2n) is 8.40. The number of allylic oxidation sites excluding steroid dienone is 3. The number of hydrogen-bond donors (Lipinski definition) is 4. The normalized spacial score (nSPS) is 20.6. The first-order valence-corrected chi connectivity index (χ1v) is 11.0. The number of nitrogens with two attached hydrogens (primary N) is 3. The lowest BCUT2D eigenvalue weighted by Crippen LogP contribution is -2.42. The van der Waals surface area contributed by atoms with E-state index < -0.39 is 0 Å². The van der Waals surface area contributed by atoms with E-state index in [0.29, 0.717) is 28.9 Å². The van der Waals surface area contributed by atoms with Gasteiger partial charge in [-0.25, -0.2) is 0 Å². The Morgan fingerprint density at radius 2 is 1.81 bits per heavy atom. The van der Waals surface area contributed by atoms with Crippen LogP contribution in [0.5, 0.6) is 5.75 Å². The van der Waals surface area contributed by atoms with Crippen LogP contribution in [0.3, 0.4) is 0 Å². The van der Waals surface area contributed by atoms with Crippen LogP contribution in [0.4, 0.5) is 0 Å². The minimum Gasteiger partial charge on any atom is -0.507 e. The van der Waals surface area contributed by atoms with Gasteiger partial charge in [-0.3, -0.25) is 9.58 Å². The molecule has 0 saturated carbocycles. The molecule has 1 atom stereocenters. The van der Waals surface area contributed by atoms with E-state index in [2.05, 4.69) is 22.2 Å². The van der Waals surface area contributed by atoms with Gasteiger partial charge in [-0.05, 0) is 50.3 Å². The molecule has 1 aromatic heterocycles. The Bertz CT molecular complexity index is 993. The predicted octanol–water partition coefficient (Wildman–Crippen LogP) is 2.92. The maximum atomic E-state index is 10.1. The summed E-state index contributed by atoms with van der Waals surface area (Å²) < 4.78 is 2.03. The minimum absolute atomic E-state index is 0.113. The van der Waals surface area contributed by atoms with Crippen LogP contribution in [0.15, 0.2) is 60.7 Å². The topological polar surface area (TPSA) is 119 Å². The van der Waals surface area contributed by atoms with Crippen LogP contribution in [0, 0.1) is 0 Å². The highest BCUT2D eigenvalue weighted by Gasteiger charge is 2.26. The number of aromatic nitrogens is 2. The molecule has 1 aliphatic heterocycles. The van der Waals surface area contributed by atoms with Crippen molar-refractivity contribution in [3.05, 3.63) is 71.8 Å². The molecule has 0 spiro atoms. The standard InChI is InChI=1S/C24H32N6O/c25-22(20-8-4-5-9-23(20)31)14-21(24(26)27)17-15-28-30(16-17)19-10-12-29(13-11-19)18-6-2-1-3-7-18/h1-2,4-5,8-9,14-16,18-19,31H,3,6-7,10-13,25-27H2/b22-14-. The molecule has 7 N–H and O–H groups in total. The molecule has 0 amide bonds. The fraction of sp³-hybridized carbons (Fsp3) is 0.375. The number of aromatic hydroxyl groups is 1. The maximum absolute atomic E-state index is 10.1. The SMILES string of the molecule is NC(N)=C(/C=C(\N)c1ccccc1O)c1cnn(C2CCN(C3CC=CCC3)CC2)c1. The van der Waals surface area contributed by atoms with Crippen molar-refractivity contribution in [3.8, 4) is 5.75 Å². The molecule has 2 aromatic rings. The first kappa shape index (κ1) is 21.1. The fourth-order valence-corrected chi connectivity index (χ4v) is 4.59. The average molecular weight is 421 g/mol. The van der Waals surface area contributed by atoms with Gasteiger partial charge >= 0.3 is 0 Å². The van der Waals surface area contributed by atoms with Crippen LogP contribution in [-0.2, 0) is 0 Å². The second kappa shape index (κ2) is 9.31. The van der Waals surface area contributed by atoms with E-state index >= 15 is 0 Å². The van der Waals surface area contributed by atoms with Gasteiger partial charge in [-0.2, -0.15) is 5.10 Å². The zero-order valence-electron chi connectivity index (χ0n) is 17.8. The van der Waals surface area contributed by atoms with E-state index in [1.807, 2.05) is 16.9 Å². The molecule has 7 nitrogen and oxygen atoms in total. The fourth-order valence-electron chi connectivity index (χ4n) is 4.59. The number of hydrogen-bond acceptors (Lipinski definition) is 6. The monoisotopic (exact) mass is 420 g/mol. The lowest BCUT2D eigenvalue weighted by atomic mass is 9.96. The van der Waals surface area contributed by atoms with Gasteiger partial charge < -0.3 is 22.3 Å². The van der Waals surface area contributed by atoms with E-state index in [1.54, 1.807) is 30.5 Å². The number of phenolic OH excluding ortho intramolecular Hbond substituents is 1. The molecule has 31 heavy (non-hydrogen) atoms. The summed E-state index contributed by atoms with van der Waals surface area (Å²) in [5.74, 6) is 0.278. The molecule has 1 aliphatic carbocycles. The summed E-state index contributed by atoms with van der Waals surface area (Å²) in [6, 6.07) is 7.97. The Hall–Kier alpha value is -3.19. The van der Waals surface area contributed by atoms with Gasteiger partial charge in [-0.15, -0.1) is 0 Å². The quantitative estimate of drug-likeness (QED) is 0.436. The highest BCUT2D eigenvalue weighted by Crippen LogP contribution is 2.29. The van der Waals surface area contributed by atoms with Crippen molar-refractivity contribution in [1.82, 2.24) is 14.7 Å². The number of likely N-dealkylation sites (tertiary alicyclic amines) is 1. The van der Waals surface area contributed by atoms with Crippen LogP contribution in [0.1, 0.15) is 49.3 Å². The molecule has 1 aromatic carbocycles. The van der Waals surface area contributed by atoms with Crippen LogP contribution in [0.2, 0.25) is 0 Å². The highest BCUT2D eigenvalue weighted by molar-refractivity contribution is 5.84. The number of phenols is 1. The zero-order valence-corrected chi connectivity index (χ0v) is 17.8. The maximum Gasteiger partial charge on any atom is 0.124 e. The molecule has 0 radical (unpaired) electrons. The number of nitrogens with zero attached hydrogens (tertiary/aromatic N) is 3. The Morgan fingerprint density at radius 1 is 1.03 bits per heavy atom. The van der Waals surface area contributed by atoms with Gasteiger partial charge in [0.15, 0.2) is 0 Å². The van der Waals surface area contributed by atoms with Crippen molar-refractivity contribution in [2.75, 3.05) is 13.1 Å². The lowest BCUT2D eigenvalue weighted by Gasteiger charge is -2.38. The van der Waals surface area contributed by atoms with E-state index in [-0.39, 0.29) is 11.6 Å². The number of rotatable bonds is 5. The van der Waals surface area contributed by atoms with E-state index in [1.165, 1.54) is 19.3 Å². The summed E-state index contributed by atoms with van der Waals surface area (Å²) in [6.07, 6.45) is 15.9. The molecule has 1 saturated heterocycles. The first-order chi connectivity index (χ1) is 15.0. The Kier molecular flexibility index (Phi) is 6.32. The molecular weight excluding hydrogens is 388 g/mol. The van der Waals surface area contributed by atoms with E-state index in [9.17, 15) is 5.11 Å². The zero-order chi connectivity index (χ0) is 21.8. The predicted molar refractivity (Wildman–Crippen MR) is 124 cm³/mol. The molecule has 4 rings (SSSR count). The van der Waals surface area contributed by atoms with Crippen molar-refractivity contribution in [2.24, 2.45) is 17.2 Å². The summed E-state index contributed by atoms with van der Waals surface area (Å²) in [5.41, 5.74) is 20.5. The summed E-state index contributed by atoms with van der Waals surface area (Å²) in [6.45, 7) is 2.19. The van der Waals surface area contributed by atoms with Crippen molar-refractivity contribution in [2.45, 2.75) is 44.2 Å². The van der Waals surface area contributed by atoms with Gasteiger partial charge in [0.2, 0.25) is 0 Å². The average Bonchev–Trinajstić information content (AvgIpc) is 3.28. The molecule has 164 valence electrons. The molecule has 1 unspecified atom stereocenters. The summed E-state index contributed by atoms with van der Waals surface area (Å²) in [4.78, 5) is 2.63. The highest BCUT2D eigenvalue weighted by atomic mass is 16.3. The molecular formula is C24H32N6O. The van der Waals surface area contributed by atoms with Gasteiger partial charge in [-0.1, -0.05) is 24.3 Å². The van der Waals surface area contributed by atoms with Crippen LogP contribution < -0.4 is 17.2 Å². The van der Waals surface area contributed by atoms with Gasteiger partial charge in [0.25, 0.3) is 0 Å². The summed E-state index contributed by atoms with van der Waals surface area (Å²) in [7, 11) is 0. The van der Waals surface area contributed by atoms with E-state index in [0.717, 1.165) is 31.5 Å². The smallest absolute Gasteiger partial charge is 0.124 e. The number of benzene rings is 1. The minimum atomic E-state index is 0.113. The van der Waals surface area contributed by atoms with Crippen molar-refractivity contribution >= 4 is 11.3 Å². The first-order valence-electron chi connectivity index (χ1n) is 11.0. The van der Waals surface area contributed by atoms with Gasteiger partial charge in [0.1, 0.15) is 11.6 Å². The Labute approximate surface area is 183 Å². The van der Waals surface area contributed by atoms with Crippen LogP contribution in [-0.4, -0.2) is 38.9 Å². The molecule has 2 aliphatic rings.